The van der Waals surface area contributed by atoms with Crippen LogP contribution in [0.5, 0.6) is 0 Å². The fraction of sp³-hybridized carbons (Fsp3) is 0.357. The van der Waals surface area contributed by atoms with Crippen molar-refractivity contribution in [2.45, 2.75) is 27.3 Å². The first-order valence-corrected chi connectivity index (χ1v) is 6.60. The van der Waals surface area contributed by atoms with E-state index >= 15 is 0 Å². The van der Waals surface area contributed by atoms with Gasteiger partial charge in [0.15, 0.2) is 0 Å². The molecular formula is C14H18N4O2. The number of hydrogen-bond acceptors (Lipinski definition) is 4. The number of fused-ring (bicyclic) bond motifs is 1. The number of benzene rings is 1. The summed E-state index contributed by atoms with van der Waals surface area (Å²) in [5.74, 6) is 0.0324. The minimum Gasteiger partial charge on any atom is -0.277 e. The number of carbonyl (C=O) groups excluding carboxylic acids is 1. The quantitative estimate of drug-likeness (QED) is 0.829. The number of rotatable bonds is 4. The molecule has 106 valence electrons. The highest BCUT2D eigenvalue weighted by Gasteiger charge is 2.11. The molecule has 0 aliphatic rings. The second-order valence-corrected chi connectivity index (χ2v) is 4.77. The summed E-state index contributed by atoms with van der Waals surface area (Å²) in [4.78, 5) is 28.3. The lowest BCUT2D eigenvalue weighted by Gasteiger charge is -2.14. The monoisotopic (exact) mass is 274 g/mol. The zero-order valence-electron chi connectivity index (χ0n) is 11.8. The summed E-state index contributed by atoms with van der Waals surface area (Å²) in [5, 5.41) is 0.565. The van der Waals surface area contributed by atoms with Gasteiger partial charge in [-0.3, -0.25) is 25.0 Å². The van der Waals surface area contributed by atoms with E-state index in [0.717, 1.165) is 0 Å². The van der Waals surface area contributed by atoms with Gasteiger partial charge in [-0.2, -0.15) is 0 Å². The van der Waals surface area contributed by atoms with Gasteiger partial charge in [-0.05, 0) is 19.1 Å². The molecule has 2 rings (SSSR count). The van der Waals surface area contributed by atoms with Crippen LogP contribution in [0.3, 0.4) is 0 Å². The number of nitrogens with zero attached hydrogens (tertiary/aromatic N) is 2. The second-order valence-electron chi connectivity index (χ2n) is 4.77. The standard InChI is InChI=1S/C14H18N4O2/c1-4-18-13(20)10-7-5-6-8-11(10)15-14(18)17-16-12(19)9(2)3/h5-9H,4H2,1-3H3,(H,15,17)(H,16,19). The van der Waals surface area contributed by atoms with Crippen LogP contribution in [0.25, 0.3) is 10.9 Å². The molecule has 1 aromatic heterocycles. The first-order valence-electron chi connectivity index (χ1n) is 6.60. The summed E-state index contributed by atoms with van der Waals surface area (Å²) >= 11 is 0. The van der Waals surface area contributed by atoms with E-state index in [1.54, 1.807) is 32.0 Å². The topological polar surface area (TPSA) is 76.0 Å². The van der Waals surface area contributed by atoms with Crippen molar-refractivity contribution in [2.75, 3.05) is 5.43 Å². The van der Waals surface area contributed by atoms with Crippen molar-refractivity contribution < 1.29 is 4.79 Å². The molecule has 0 saturated heterocycles. The van der Waals surface area contributed by atoms with Crippen LogP contribution in [-0.2, 0) is 11.3 Å². The second kappa shape index (κ2) is 5.73. The summed E-state index contributed by atoms with van der Waals surface area (Å²) in [6.07, 6.45) is 0. The van der Waals surface area contributed by atoms with E-state index in [1.807, 2.05) is 13.0 Å². The van der Waals surface area contributed by atoms with Gasteiger partial charge in [-0.1, -0.05) is 26.0 Å². The third-order valence-electron chi connectivity index (χ3n) is 3.00. The molecule has 0 unspecified atom stereocenters. The average Bonchev–Trinajstić information content (AvgIpc) is 2.44. The van der Waals surface area contributed by atoms with Gasteiger partial charge in [-0.25, -0.2) is 4.98 Å². The highest BCUT2D eigenvalue weighted by atomic mass is 16.2. The number of para-hydroxylation sites is 1. The van der Waals surface area contributed by atoms with Crippen LogP contribution in [0.2, 0.25) is 0 Å². The Kier molecular flexibility index (Phi) is 4.02. The van der Waals surface area contributed by atoms with E-state index in [-0.39, 0.29) is 17.4 Å². The Morgan fingerprint density at radius 2 is 2.05 bits per heavy atom. The molecule has 0 atom stereocenters. The van der Waals surface area contributed by atoms with Crippen LogP contribution >= 0.6 is 0 Å². The van der Waals surface area contributed by atoms with E-state index in [4.69, 9.17) is 0 Å². The molecule has 0 spiro atoms. The van der Waals surface area contributed by atoms with Crippen LogP contribution < -0.4 is 16.4 Å². The Hall–Kier alpha value is -2.37. The Balaban J connectivity index is 2.42. The Bertz CT molecular complexity index is 691. The number of nitrogens with one attached hydrogen (secondary N) is 2. The van der Waals surface area contributed by atoms with Crippen molar-refractivity contribution in [3.63, 3.8) is 0 Å². The molecular weight excluding hydrogens is 256 g/mol. The van der Waals surface area contributed by atoms with E-state index in [1.165, 1.54) is 4.57 Å². The fourth-order valence-corrected chi connectivity index (χ4v) is 1.82. The highest BCUT2D eigenvalue weighted by Crippen LogP contribution is 2.10. The Morgan fingerprint density at radius 1 is 1.35 bits per heavy atom. The Morgan fingerprint density at radius 3 is 2.70 bits per heavy atom. The molecule has 2 aromatic rings. The summed E-state index contributed by atoms with van der Waals surface area (Å²) < 4.78 is 1.49. The van der Waals surface area contributed by atoms with Gasteiger partial charge in [0.2, 0.25) is 11.9 Å². The van der Waals surface area contributed by atoms with Gasteiger partial charge in [0.05, 0.1) is 10.9 Å². The van der Waals surface area contributed by atoms with Crippen LogP contribution in [0.1, 0.15) is 20.8 Å². The number of anilines is 1. The molecule has 0 fully saturated rings. The minimum absolute atomic E-state index is 0.126. The minimum atomic E-state index is -0.157. The van der Waals surface area contributed by atoms with E-state index in [0.29, 0.717) is 23.4 Å². The van der Waals surface area contributed by atoms with Crippen LogP contribution in [0, 0.1) is 5.92 Å². The predicted octanol–water partition coefficient (Wildman–Crippen LogP) is 1.52. The zero-order valence-corrected chi connectivity index (χ0v) is 11.8. The SMILES string of the molecule is CCn1c(NNC(=O)C(C)C)nc2ccccc2c1=O. The third-order valence-corrected chi connectivity index (χ3v) is 3.00. The summed E-state index contributed by atoms with van der Waals surface area (Å²) in [6.45, 7) is 5.90. The van der Waals surface area contributed by atoms with Gasteiger partial charge in [0.1, 0.15) is 0 Å². The van der Waals surface area contributed by atoms with Gasteiger partial charge in [-0.15, -0.1) is 0 Å². The molecule has 6 nitrogen and oxygen atoms in total. The molecule has 0 bridgehead atoms. The molecule has 0 radical (unpaired) electrons. The third kappa shape index (κ3) is 2.64. The fourth-order valence-electron chi connectivity index (χ4n) is 1.82. The van der Waals surface area contributed by atoms with E-state index < -0.39 is 0 Å². The molecule has 0 aliphatic heterocycles. The largest absolute Gasteiger partial charge is 0.277 e. The summed E-state index contributed by atoms with van der Waals surface area (Å²) in [5.41, 5.74) is 5.76. The normalized spacial score (nSPS) is 10.8. The number of hydrogen-bond donors (Lipinski definition) is 2. The van der Waals surface area contributed by atoms with Crippen molar-refractivity contribution in [3.8, 4) is 0 Å². The van der Waals surface area contributed by atoms with Crippen LogP contribution in [0.15, 0.2) is 29.1 Å². The average molecular weight is 274 g/mol. The van der Waals surface area contributed by atoms with Gasteiger partial charge >= 0.3 is 0 Å². The maximum Gasteiger partial charge on any atom is 0.262 e. The van der Waals surface area contributed by atoms with Crippen molar-refractivity contribution in [2.24, 2.45) is 5.92 Å². The van der Waals surface area contributed by atoms with Crippen LogP contribution in [-0.4, -0.2) is 15.5 Å². The molecule has 6 heteroatoms. The van der Waals surface area contributed by atoms with Gasteiger partial charge < -0.3 is 0 Å². The molecule has 1 heterocycles. The first kappa shape index (κ1) is 14.0. The number of carbonyl (C=O) groups is 1. The molecule has 20 heavy (non-hydrogen) atoms. The summed E-state index contributed by atoms with van der Waals surface area (Å²) in [6, 6.07) is 7.14. The maximum absolute atomic E-state index is 12.3. The van der Waals surface area contributed by atoms with Crippen molar-refractivity contribution in [3.05, 3.63) is 34.6 Å². The van der Waals surface area contributed by atoms with Crippen molar-refractivity contribution in [1.29, 1.82) is 0 Å². The number of aromatic nitrogens is 2. The van der Waals surface area contributed by atoms with E-state index in [9.17, 15) is 9.59 Å². The summed E-state index contributed by atoms with van der Waals surface area (Å²) in [7, 11) is 0. The highest BCUT2D eigenvalue weighted by molar-refractivity contribution is 5.80. The molecule has 1 amide bonds. The molecule has 0 saturated carbocycles. The molecule has 2 N–H and O–H groups in total. The zero-order chi connectivity index (χ0) is 14.7. The van der Waals surface area contributed by atoms with Gasteiger partial charge in [0.25, 0.3) is 5.56 Å². The van der Waals surface area contributed by atoms with Gasteiger partial charge in [0, 0.05) is 12.5 Å². The number of hydrazine groups is 1. The molecule has 0 aliphatic carbocycles. The number of amides is 1. The smallest absolute Gasteiger partial charge is 0.262 e. The van der Waals surface area contributed by atoms with Crippen molar-refractivity contribution in [1.82, 2.24) is 15.0 Å². The van der Waals surface area contributed by atoms with E-state index in [2.05, 4.69) is 15.8 Å². The first-order chi connectivity index (χ1) is 9.54. The lowest BCUT2D eigenvalue weighted by molar-refractivity contribution is -0.123. The lowest BCUT2D eigenvalue weighted by atomic mass is 10.2. The predicted molar refractivity (Wildman–Crippen MR) is 78.3 cm³/mol. The Labute approximate surface area is 116 Å². The van der Waals surface area contributed by atoms with Crippen molar-refractivity contribution >= 4 is 22.8 Å². The van der Waals surface area contributed by atoms with Crippen LogP contribution in [0.4, 0.5) is 5.95 Å². The maximum atomic E-state index is 12.3. The molecule has 1 aromatic carbocycles. The lowest BCUT2D eigenvalue weighted by Crippen LogP contribution is -2.36.